The molecular formula is C28H28Br9NaO10. The summed E-state index contributed by atoms with van der Waals surface area (Å²) < 4.78 is 20.5. The van der Waals surface area contributed by atoms with Crippen LogP contribution in [0, 0.1) is 0 Å². The molecule has 0 aliphatic heterocycles. The van der Waals surface area contributed by atoms with E-state index in [0.29, 0.717) is 30.1 Å². The minimum atomic E-state index is -1.08. The van der Waals surface area contributed by atoms with Crippen molar-refractivity contribution in [1.82, 2.24) is 0 Å². The van der Waals surface area contributed by atoms with Gasteiger partial charge >= 0.3 is 47.5 Å². The first-order chi connectivity index (χ1) is 21.7. The number of carbonyl (C=O) groups excluding carboxylic acids is 4. The van der Waals surface area contributed by atoms with Crippen molar-refractivity contribution in [2.75, 3.05) is 0 Å². The molecule has 0 saturated carbocycles. The van der Waals surface area contributed by atoms with E-state index >= 15 is 0 Å². The van der Waals surface area contributed by atoms with Crippen LogP contribution in [-0.4, -0.2) is 35.0 Å². The zero-order valence-corrected chi connectivity index (χ0v) is 42.5. The fraction of sp³-hybridized carbons (Fsp3) is 0.393. The fourth-order valence-electron chi connectivity index (χ4n) is 2.92. The maximum absolute atomic E-state index is 11.1. The first kappa shape index (κ1) is 53.5. The molecule has 0 amide bonds. The Hall–Kier alpha value is 1.11. The number of esters is 3. The quantitative estimate of drug-likeness (QED) is 0.125. The van der Waals surface area contributed by atoms with Gasteiger partial charge in [0.1, 0.15) is 19.8 Å². The average Bonchev–Trinajstić information content (AvgIpc) is 2.93. The van der Waals surface area contributed by atoms with E-state index in [9.17, 15) is 14.4 Å². The second kappa shape index (κ2) is 28.6. The Morgan fingerprint density at radius 2 is 0.646 bits per heavy atom. The van der Waals surface area contributed by atoms with Crippen LogP contribution < -0.4 is 34.7 Å². The van der Waals surface area contributed by atoms with Crippen molar-refractivity contribution < 1.29 is 78.0 Å². The summed E-state index contributed by atoms with van der Waals surface area (Å²) in [5.74, 6) is -3.21. The van der Waals surface area contributed by atoms with E-state index in [1.165, 1.54) is 37.5 Å². The van der Waals surface area contributed by atoms with Crippen LogP contribution in [0.4, 0.5) is 0 Å². The molecule has 0 fully saturated rings. The fourth-order valence-corrected chi connectivity index (χ4v) is 12.4. The summed E-state index contributed by atoms with van der Waals surface area (Å²) in [7, 11) is 0. The van der Waals surface area contributed by atoms with E-state index in [-0.39, 0.29) is 49.4 Å². The van der Waals surface area contributed by atoms with Crippen LogP contribution in [0.3, 0.4) is 0 Å². The van der Waals surface area contributed by atoms with Crippen molar-refractivity contribution >= 4 is 173 Å². The molecular weight excluding hydrogens is 1240 g/mol. The van der Waals surface area contributed by atoms with Crippen molar-refractivity contribution in [1.29, 1.82) is 0 Å². The number of hydrogen-bond donors (Lipinski definition) is 1. The molecule has 0 aromatic heterocycles. The summed E-state index contributed by atoms with van der Waals surface area (Å²) in [5.41, 5.74) is 5.62. The molecule has 2 aromatic rings. The summed E-state index contributed by atoms with van der Waals surface area (Å²) in [4.78, 5) is 51.2. The molecule has 0 spiro atoms. The summed E-state index contributed by atoms with van der Waals surface area (Å²) in [5, 5.41) is 18.8. The SMILES string of the molecule is BrCc1c(Br)c(CBr)c(Br)c(CBr)c1Br.CC(=O)O.CC(=O)OCc1c(Br)c(COC(C)=O)c(Br)c(COC(C)=O)c1Br.CC(=O)[O-].[Na+]. The Morgan fingerprint density at radius 1 is 0.500 bits per heavy atom. The van der Waals surface area contributed by atoms with E-state index in [1.54, 1.807) is 0 Å². The molecule has 2 rings (SSSR count). The summed E-state index contributed by atoms with van der Waals surface area (Å²) in [6, 6.07) is 0. The van der Waals surface area contributed by atoms with Gasteiger partial charge in [-0.2, -0.15) is 0 Å². The topological polar surface area (TPSA) is 156 Å². The van der Waals surface area contributed by atoms with Gasteiger partial charge in [-0.3, -0.25) is 19.2 Å². The van der Waals surface area contributed by atoms with Crippen LogP contribution in [0.1, 0.15) is 68.0 Å². The third-order valence-corrected chi connectivity index (χ3v) is 12.3. The summed E-state index contributed by atoms with van der Waals surface area (Å²) in [6.45, 7) is 5.98. The predicted molar refractivity (Wildman–Crippen MR) is 207 cm³/mol. The Morgan fingerprint density at radius 3 is 0.771 bits per heavy atom. The molecule has 20 heteroatoms. The van der Waals surface area contributed by atoms with Crippen LogP contribution in [0.2, 0.25) is 0 Å². The molecule has 2 aromatic carbocycles. The van der Waals surface area contributed by atoms with Crippen LogP contribution in [0.5, 0.6) is 0 Å². The van der Waals surface area contributed by atoms with Crippen molar-refractivity contribution in [3.8, 4) is 0 Å². The van der Waals surface area contributed by atoms with Crippen molar-refractivity contribution in [3.63, 3.8) is 0 Å². The maximum Gasteiger partial charge on any atom is 1.00 e. The molecule has 0 bridgehead atoms. The van der Waals surface area contributed by atoms with Gasteiger partial charge in [0.25, 0.3) is 5.97 Å². The zero-order valence-electron chi connectivity index (χ0n) is 26.3. The molecule has 0 heterocycles. The van der Waals surface area contributed by atoms with Gasteiger partial charge in [0.15, 0.2) is 0 Å². The monoisotopic (exact) mass is 1260 g/mol. The van der Waals surface area contributed by atoms with E-state index in [4.69, 9.17) is 34.0 Å². The third-order valence-electron chi connectivity index (χ3n) is 4.84. The molecule has 0 atom stereocenters. The Labute approximate surface area is 376 Å². The molecule has 0 aliphatic rings. The second-order valence-electron chi connectivity index (χ2n) is 8.51. The minimum absolute atomic E-state index is 0. The number of ether oxygens (including phenoxy) is 3. The molecule has 0 radical (unpaired) electrons. The number of alkyl halides is 3. The smallest absolute Gasteiger partial charge is 0.550 e. The molecule has 264 valence electrons. The van der Waals surface area contributed by atoms with E-state index in [1.807, 2.05) is 0 Å². The first-order valence-corrected chi connectivity index (χ1v) is 20.6. The van der Waals surface area contributed by atoms with Crippen LogP contribution in [0.15, 0.2) is 26.8 Å². The number of carboxylic acids is 2. The van der Waals surface area contributed by atoms with Gasteiger partial charge in [0, 0.05) is 93.2 Å². The third kappa shape index (κ3) is 20.4. The van der Waals surface area contributed by atoms with Gasteiger partial charge in [-0.15, -0.1) is 0 Å². The molecule has 10 nitrogen and oxygen atoms in total. The average molecular weight is 1270 g/mol. The number of carbonyl (C=O) groups is 5. The Balaban J connectivity index is -0.000000716. The number of halogens is 9. The van der Waals surface area contributed by atoms with Crippen LogP contribution in [-0.2, 0) is 74.0 Å². The minimum Gasteiger partial charge on any atom is -0.550 e. The molecule has 0 aliphatic carbocycles. The molecule has 0 saturated heterocycles. The van der Waals surface area contributed by atoms with E-state index in [2.05, 4.69) is 143 Å². The van der Waals surface area contributed by atoms with E-state index in [0.717, 1.165) is 43.3 Å². The van der Waals surface area contributed by atoms with Crippen molar-refractivity contribution in [2.45, 2.75) is 70.4 Å². The molecule has 0 unspecified atom stereocenters. The van der Waals surface area contributed by atoms with Gasteiger partial charge in [0.2, 0.25) is 0 Å². The van der Waals surface area contributed by atoms with Gasteiger partial charge in [-0.1, -0.05) is 95.6 Å². The Bertz CT molecular complexity index is 1230. The van der Waals surface area contributed by atoms with Gasteiger partial charge in [0.05, 0.1) is 0 Å². The number of aliphatic carboxylic acids is 2. The van der Waals surface area contributed by atoms with Crippen molar-refractivity contribution in [2.24, 2.45) is 0 Å². The normalized spacial score (nSPS) is 9.54. The predicted octanol–water partition coefficient (Wildman–Crippen LogP) is 6.67. The standard InChI is InChI=1S/C15H15Br3O6.C9H6Br6.2C2H4O2.Na/c1-7(19)22-4-10-13(16)11(5-23-8(2)20)15(18)12(14(10)17)6-24-9(3)21;10-1-4-7(13)5(2-11)9(15)6(3-12)8(4)14;2*1-2(3)4;/h4-6H2,1-3H3;1-3H2;2*1H3,(H,3,4);/q;;;;+1/p-1. The number of rotatable bonds is 9. The zero-order chi connectivity index (χ0) is 37.2. The number of benzene rings is 2. The maximum atomic E-state index is 11.1. The Kier molecular flexibility index (Phi) is 31.8. The van der Waals surface area contributed by atoms with Crippen LogP contribution in [0.25, 0.3) is 0 Å². The number of carboxylic acid groups (broad SMARTS) is 2. The van der Waals surface area contributed by atoms with Gasteiger partial charge in [-0.05, 0) is 71.4 Å². The van der Waals surface area contributed by atoms with E-state index < -0.39 is 29.8 Å². The molecule has 48 heavy (non-hydrogen) atoms. The van der Waals surface area contributed by atoms with Crippen molar-refractivity contribution in [3.05, 3.63) is 60.2 Å². The largest absolute Gasteiger partial charge is 1.00 e. The summed E-state index contributed by atoms with van der Waals surface area (Å²) >= 11 is 31.7. The first-order valence-electron chi connectivity index (χ1n) is 12.5. The van der Waals surface area contributed by atoms with Gasteiger partial charge < -0.3 is 29.2 Å². The second-order valence-corrected chi connectivity index (χ2v) is 14.9. The summed E-state index contributed by atoms with van der Waals surface area (Å²) in [6.07, 6.45) is 0. The van der Waals surface area contributed by atoms with Gasteiger partial charge in [-0.25, -0.2) is 0 Å². The molecule has 1 N–H and O–H groups in total. The number of hydrogen-bond acceptors (Lipinski definition) is 9. The van der Waals surface area contributed by atoms with Crippen LogP contribution >= 0.6 is 143 Å².